The van der Waals surface area contributed by atoms with Gasteiger partial charge in [0.25, 0.3) is 0 Å². The summed E-state index contributed by atoms with van der Waals surface area (Å²) in [7, 11) is 0. The molecule has 1 fully saturated rings. The van der Waals surface area contributed by atoms with E-state index >= 15 is 0 Å². The van der Waals surface area contributed by atoms with Crippen LogP contribution in [0.4, 0.5) is 0 Å². The third kappa shape index (κ3) is 5.34. The Labute approximate surface area is 176 Å². The molecule has 6 nitrogen and oxygen atoms in total. The second-order valence-electron chi connectivity index (χ2n) is 7.64. The maximum Gasteiger partial charge on any atom is 0.231 e. The van der Waals surface area contributed by atoms with E-state index in [1.165, 1.54) is 5.56 Å². The summed E-state index contributed by atoms with van der Waals surface area (Å²) in [6.45, 7) is 7.84. The molecule has 2 aromatic rings. The molecule has 0 aromatic heterocycles. The van der Waals surface area contributed by atoms with Gasteiger partial charge in [0.2, 0.25) is 6.79 Å². The Hall–Kier alpha value is -1.99. The van der Waals surface area contributed by atoms with Gasteiger partial charge < -0.3 is 19.3 Å². The van der Waals surface area contributed by atoms with Gasteiger partial charge in [-0.1, -0.05) is 17.7 Å². The van der Waals surface area contributed by atoms with Gasteiger partial charge in [0.15, 0.2) is 11.5 Å². The average molecular weight is 419 g/mol. The number of halogens is 1. The van der Waals surface area contributed by atoms with Crippen LogP contribution in [0.2, 0.25) is 5.02 Å². The zero-order valence-corrected chi connectivity index (χ0v) is 17.4. The van der Waals surface area contributed by atoms with Crippen molar-refractivity contribution in [2.45, 2.75) is 19.6 Å². The summed E-state index contributed by atoms with van der Waals surface area (Å²) < 4.78 is 16.5. The Morgan fingerprint density at radius 2 is 1.79 bits per heavy atom. The van der Waals surface area contributed by atoms with Gasteiger partial charge in [-0.05, 0) is 48.4 Å². The van der Waals surface area contributed by atoms with Crippen molar-refractivity contribution in [3.05, 3.63) is 52.5 Å². The number of hydrogen-bond acceptors (Lipinski definition) is 6. The van der Waals surface area contributed by atoms with E-state index in [1.807, 2.05) is 31.2 Å². The van der Waals surface area contributed by atoms with Crippen molar-refractivity contribution in [3.63, 3.8) is 0 Å². The van der Waals surface area contributed by atoms with Crippen LogP contribution in [0.15, 0.2) is 36.4 Å². The van der Waals surface area contributed by atoms with Crippen LogP contribution in [0.3, 0.4) is 0 Å². The van der Waals surface area contributed by atoms with E-state index in [1.54, 1.807) is 0 Å². The molecule has 2 aromatic carbocycles. The van der Waals surface area contributed by atoms with Crippen molar-refractivity contribution in [3.8, 4) is 17.2 Å². The van der Waals surface area contributed by atoms with Crippen molar-refractivity contribution in [1.29, 1.82) is 0 Å². The zero-order chi connectivity index (χ0) is 20.2. The first-order chi connectivity index (χ1) is 14.1. The SMILES string of the molecule is Cc1cc(OCC(O)CN2CCN(Cc3ccc4c(c3)OCO4)CC2)ccc1Cl. The minimum absolute atomic E-state index is 0.276. The summed E-state index contributed by atoms with van der Waals surface area (Å²) in [4.78, 5) is 4.71. The number of benzene rings is 2. The molecule has 0 bridgehead atoms. The van der Waals surface area contributed by atoms with Crippen LogP contribution in [0.25, 0.3) is 0 Å². The summed E-state index contributed by atoms with van der Waals surface area (Å²) in [6, 6.07) is 11.7. The van der Waals surface area contributed by atoms with Gasteiger partial charge in [-0.25, -0.2) is 0 Å². The number of hydrogen-bond donors (Lipinski definition) is 1. The summed E-state index contributed by atoms with van der Waals surface area (Å²) in [5, 5.41) is 11.1. The lowest BCUT2D eigenvalue weighted by Crippen LogP contribution is -2.48. The molecular weight excluding hydrogens is 392 g/mol. The molecule has 1 unspecified atom stereocenters. The summed E-state index contributed by atoms with van der Waals surface area (Å²) in [5.74, 6) is 2.39. The van der Waals surface area contributed by atoms with E-state index in [0.717, 1.165) is 60.6 Å². The second-order valence-corrected chi connectivity index (χ2v) is 8.05. The van der Waals surface area contributed by atoms with Crippen LogP contribution in [0.5, 0.6) is 17.2 Å². The molecule has 2 aliphatic heterocycles. The normalized spacial score (nSPS) is 18.0. The first kappa shape index (κ1) is 20.3. The van der Waals surface area contributed by atoms with Gasteiger partial charge in [-0.2, -0.15) is 0 Å². The minimum Gasteiger partial charge on any atom is -0.491 e. The Kier molecular flexibility index (Phi) is 6.45. The third-order valence-electron chi connectivity index (χ3n) is 5.35. The number of piperazine rings is 1. The summed E-state index contributed by atoms with van der Waals surface area (Å²) >= 11 is 6.03. The molecule has 0 amide bonds. The summed E-state index contributed by atoms with van der Waals surface area (Å²) in [5.41, 5.74) is 2.20. The van der Waals surface area contributed by atoms with Gasteiger partial charge in [0.1, 0.15) is 18.5 Å². The highest BCUT2D eigenvalue weighted by atomic mass is 35.5. The minimum atomic E-state index is -0.522. The Morgan fingerprint density at radius 3 is 2.59 bits per heavy atom. The molecule has 0 radical (unpaired) electrons. The molecule has 2 heterocycles. The Balaban J connectivity index is 1.19. The van der Waals surface area contributed by atoms with Gasteiger partial charge in [-0.15, -0.1) is 0 Å². The van der Waals surface area contributed by atoms with Crippen LogP contribution in [-0.2, 0) is 6.54 Å². The van der Waals surface area contributed by atoms with Crippen molar-refractivity contribution >= 4 is 11.6 Å². The van der Waals surface area contributed by atoms with Gasteiger partial charge in [-0.3, -0.25) is 9.80 Å². The second kappa shape index (κ2) is 9.22. The fraction of sp³-hybridized carbons (Fsp3) is 0.455. The lowest BCUT2D eigenvalue weighted by molar-refractivity contribution is 0.0446. The van der Waals surface area contributed by atoms with E-state index in [9.17, 15) is 5.11 Å². The number of rotatable bonds is 7. The molecule has 1 atom stereocenters. The molecule has 4 rings (SSSR count). The van der Waals surface area contributed by atoms with E-state index in [4.69, 9.17) is 25.8 Å². The maximum absolute atomic E-state index is 10.3. The van der Waals surface area contributed by atoms with Crippen LogP contribution < -0.4 is 14.2 Å². The molecule has 1 N–H and O–H groups in total. The van der Waals surface area contributed by atoms with Crippen LogP contribution >= 0.6 is 11.6 Å². The standard InChI is InChI=1S/C22H27ClN2O4/c1-16-10-19(3-4-20(16)23)27-14-18(26)13-25-8-6-24(7-9-25)12-17-2-5-21-22(11-17)29-15-28-21/h2-5,10-11,18,26H,6-9,12-15H2,1H3. The van der Waals surface area contributed by atoms with Crippen molar-refractivity contribution in [2.24, 2.45) is 0 Å². The smallest absolute Gasteiger partial charge is 0.231 e. The van der Waals surface area contributed by atoms with Gasteiger partial charge in [0, 0.05) is 44.3 Å². The Bertz CT molecular complexity index is 840. The molecule has 2 aliphatic rings. The average Bonchev–Trinajstić information content (AvgIpc) is 3.18. The quantitative estimate of drug-likeness (QED) is 0.746. The summed E-state index contributed by atoms with van der Waals surface area (Å²) in [6.07, 6.45) is -0.522. The number of aryl methyl sites for hydroxylation is 1. The topological polar surface area (TPSA) is 54.4 Å². The molecule has 29 heavy (non-hydrogen) atoms. The number of aliphatic hydroxyl groups is 1. The zero-order valence-electron chi connectivity index (χ0n) is 16.6. The van der Waals surface area contributed by atoms with E-state index < -0.39 is 6.10 Å². The molecule has 0 spiro atoms. The van der Waals surface area contributed by atoms with Crippen molar-refractivity contribution in [1.82, 2.24) is 9.80 Å². The largest absolute Gasteiger partial charge is 0.491 e. The van der Waals surface area contributed by atoms with Gasteiger partial charge in [0.05, 0.1) is 0 Å². The highest BCUT2D eigenvalue weighted by Crippen LogP contribution is 2.32. The highest BCUT2D eigenvalue weighted by Gasteiger charge is 2.21. The van der Waals surface area contributed by atoms with Crippen molar-refractivity contribution < 1.29 is 19.3 Å². The maximum atomic E-state index is 10.3. The fourth-order valence-electron chi connectivity index (χ4n) is 3.68. The molecule has 7 heteroatoms. The highest BCUT2D eigenvalue weighted by molar-refractivity contribution is 6.31. The van der Waals surface area contributed by atoms with Crippen molar-refractivity contribution in [2.75, 3.05) is 46.1 Å². The van der Waals surface area contributed by atoms with E-state index in [-0.39, 0.29) is 6.61 Å². The predicted octanol–water partition coefficient (Wildman–Crippen LogP) is 2.93. The van der Waals surface area contributed by atoms with Gasteiger partial charge >= 0.3 is 0 Å². The molecular formula is C22H27ClN2O4. The molecule has 0 saturated carbocycles. The van der Waals surface area contributed by atoms with E-state index in [2.05, 4.69) is 21.9 Å². The molecule has 156 valence electrons. The van der Waals surface area contributed by atoms with Crippen LogP contribution in [-0.4, -0.2) is 67.1 Å². The first-order valence-electron chi connectivity index (χ1n) is 9.97. The lowest BCUT2D eigenvalue weighted by atomic mass is 10.1. The van der Waals surface area contributed by atoms with Crippen LogP contribution in [0.1, 0.15) is 11.1 Å². The first-order valence-corrected chi connectivity index (χ1v) is 10.3. The number of ether oxygens (including phenoxy) is 3. The predicted molar refractivity (Wildman–Crippen MR) is 112 cm³/mol. The number of β-amino-alcohol motifs (C(OH)–C–C–N with tert-alkyl or cyclic N) is 1. The molecule has 0 aliphatic carbocycles. The number of nitrogens with zero attached hydrogens (tertiary/aromatic N) is 2. The number of fused-ring (bicyclic) bond motifs is 1. The Morgan fingerprint density at radius 1 is 1.03 bits per heavy atom. The number of aliphatic hydroxyl groups excluding tert-OH is 1. The molecule has 1 saturated heterocycles. The monoisotopic (exact) mass is 418 g/mol. The lowest BCUT2D eigenvalue weighted by Gasteiger charge is -2.35. The third-order valence-corrected chi connectivity index (χ3v) is 5.77. The van der Waals surface area contributed by atoms with E-state index in [0.29, 0.717) is 13.3 Å². The van der Waals surface area contributed by atoms with Crippen LogP contribution in [0, 0.1) is 6.92 Å². The fourth-order valence-corrected chi connectivity index (χ4v) is 3.80.